The first-order valence-corrected chi connectivity index (χ1v) is 8.50. The molecule has 1 saturated carbocycles. The Morgan fingerprint density at radius 2 is 2.12 bits per heavy atom. The Hall–Kier alpha value is -2.54. The first-order chi connectivity index (χ1) is 11.9. The molecule has 1 unspecified atom stereocenters. The average molecular weight is 341 g/mol. The molecule has 3 rings (SSSR count). The summed E-state index contributed by atoms with van der Waals surface area (Å²) in [7, 11) is 2.16. The van der Waals surface area contributed by atoms with Crippen LogP contribution in [0.3, 0.4) is 0 Å². The first-order valence-electron chi connectivity index (χ1n) is 8.50. The lowest BCUT2D eigenvalue weighted by Crippen LogP contribution is -2.36. The van der Waals surface area contributed by atoms with Gasteiger partial charge in [0.1, 0.15) is 5.82 Å². The quantitative estimate of drug-likeness (QED) is 0.615. The van der Waals surface area contributed by atoms with Gasteiger partial charge in [0, 0.05) is 48.1 Å². The number of nitro benzene ring substituents is 1. The lowest BCUT2D eigenvalue weighted by molar-refractivity contribution is -0.384. The Balaban J connectivity index is 1.76. The van der Waals surface area contributed by atoms with Crippen molar-refractivity contribution in [2.24, 2.45) is 0 Å². The monoisotopic (exact) mass is 341 g/mol. The fourth-order valence-corrected chi connectivity index (χ4v) is 2.78. The van der Waals surface area contributed by atoms with Gasteiger partial charge < -0.3 is 5.32 Å². The fourth-order valence-electron chi connectivity index (χ4n) is 2.78. The van der Waals surface area contributed by atoms with Crippen molar-refractivity contribution in [3.05, 3.63) is 46.1 Å². The highest BCUT2D eigenvalue weighted by atomic mass is 16.6. The van der Waals surface area contributed by atoms with Gasteiger partial charge in [0.15, 0.2) is 5.82 Å². The number of aryl methyl sites for hydroxylation is 1. The normalized spacial score (nSPS) is 15.2. The highest BCUT2D eigenvalue weighted by Gasteiger charge is 2.28. The SMILES string of the molecule is Cc1cc(NCC(C)N(C)C2CC2)nc(-c2cccc([N+](=O)[O-])c2)n1. The molecule has 0 aliphatic heterocycles. The van der Waals surface area contributed by atoms with Gasteiger partial charge in [-0.05, 0) is 33.7 Å². The number of anilines is 1. The predicted molar refractivity (Wildman–Crippen MR) is 97.6 cm³/mol. The van der Waals surface area contributed by atoms with Crippen LogP contribution in [-0.2, 0) is 0 Å². The number of nitrogens with one attached hydrogen (secondary N) is 1. The van der Waals surface area contributed by atoms with Crippen molar-refractivity contribution < 1.29 is 4.92 Å². The van der Waals surface area contributed by atoms with Gasteiger partial charge >= 0.3 is 0 Å². The molecule has 132 valence electrons. The molecular formula is C18H23N5O2. The van der Waals surface area contributed by atoms with E-state index in [1.807, 2.05) is 13.0 Å². The van der Waals surface area contributed by atoms with E-state index in [1.165, 1.54) is 25.0 Å². The number of benzene rings is 1. The summed E-state index contributed by atoms with van der Waals surface area (Å²) in [5, 5.41) is 14.3. The zero-order valence-corrected chi connectivity index (χ0v) is 14.8. The number of hydrogen-bond acceptors (Lipinski definition) is 6. The Morgan fingerprint density at radius 3 is 2.80 bits per heavy atom. The summed E-state index contributed by atoms with van der Waals surface area (Å²) >= 11 is 0. The smallest absolute Gasteiger partial charge is 0.270 e. The number of nitrogens with zero attached hydrogens (tertiary/aromatic N) is 4. The molecule has 2 aromatic rings. The van der Waals surface area contributed by atoms with Crippen LogP contribution in [0.5, 0.6) is 0 Å². The molecule has 0 amide bonds. The van der Waals surface area contributed by atoms with Crippen molar-refractivity contribution >= 4 is 11.5 Å². The highest BCUT2D eigenvalue weighted by molar-refractivity contribution is 5.61. The van der Waals surface area contributed by atoms with Crippen LogP contribution in [-0.4, -0.2) is 45.5 Å². The molecule has 0 spiro atoms. The van der Waals surface area contributed by atoms with Crippen molar-refractivity contribution in [3.63, 3.8) is 0 Å². The van der Waals surface area contributed by atoms with E-state index in [2.05, 4.69) is 34.2 Å². The minimum Gasteiger partial charge on any atom is -0.368 e. The van der Waals surface area contributed by atoms with E-state index < -0.39 is 4.92 Å². The van der Waals surface area contributed by atoms with E-state index in [9.17, 15) is 10.1 Å². The Labute approximate surface area is 147 Å². The minimum atomic E-state index is -0.409. The van der Waals surface area contributed by atoms with Crippen LogP contribution in [0.25, 0.3) is 11.4 Å². The molecule has 1 heterocycles. The molecule has 1 aliphatic rings. The second kappa shape index (κ2) is 7.14. The molecule has 1 aliphatic carbocycles. The van der Waals surface area contributed by atoms with Gasteiger partial charge in [0.25, 0.3) is 5.69 Å². The molecule has 25 heavy (non-hydrogen) atoms. The van der Waals surface area contributed by atoms with Gasteiger partial charge in [-0.15, -0.1) is 0 Å². The van der Waals surface area contributed by atoms with Gasteiger partial charge in [0.05, 0.1) is 4.92 Å². The van der Waals surface area contributed by atoms with Crippen LogP contribution in [0.15, 0.2) is 30.3 Å². The fraction of sp³-hybridized carbons (Fsp3) is 0.444. The summed E-state index contributed by atoms with van der Waals surface area (Å²) in [4.78, 5) is 21.9. The number of likely N-dealkylation sites (N-methyl/N-ethyl adjacent to an activating group) is 1. The standard InChI is InChI=1S/C18H23N5O2/c1-12-9-17(19-11-13(2)22(3)15-7-8-15)21-18(20-12)14-5-4-6-16(10-14)23(24)25/h4-6,9-10,13,15H,7-8,11H2,1-3H3,(H,19,20,21). The number of aromatic nitrogens is 2. The maximum Gasteiger partial charge on any atom is 0.270 e. The van der Waals surface area contributed by atoms with Gasteiger partial charge in [-0.25, -0.2) is 9.97 Å². The minimum absolute atomic E-state index is 0.0387. The molecule has 1 aromatic heterocycles. The lowest BCUT2D eigenvalue weighted by atomic mass is 10.2. The van der Waals surface area contributed by atoms with Crippen molar-refractivity contribution in [2.75, 3.05) is 18.9 Å². The summed E-state index contributed by atoms with van der Waals surface area (Å²) in [6, 6.07) is 9.42. The van der Waals surface area contributed by atoms with E-state index in [1.54, 1.807) is 12.1 Å². The zero-order chi connectivity index (χ0) is 18.0. The third-order valence-electron chi connectivity index (χ3n) is 4.57. The van der Waals surface area contributed by atoms with Crippen molar-refractivity contribution in [3.8, 4) is 11.4 Å². The second-order valence-electron chi connectivity index (χ2n) is 6.65. The number of non-ortho nitro benzene ring substituents is 1. The van der Waals surface area contributed by atoms with Gasteiger partial charge in [-0.3, -0.25) is 15.0 Å². The Morgan fingerprint density at radius 1 is 1.36 bits per heavy atom. The van der Waals surface area contributed by atoms with Gasteiger partial charge in [-0.1, -0.05) is 12.1 Å². The van der Waals surface area contributed by atoms with Crippen LogP contribution >= 0.6 is 0 Å². The van der Waals surface area contributed by atoms with Crippen LogP contribution in [0, 0.1) is 17.0 Å². The summed E-state index contributed by atoms with van der Waals surface area (Å²) in [6.07, 6.45) is 2.56. The Kier molecular flexibility index (Phi) is 4.94. The van der Waals surface area contributed by atoms with Crippen molar-refractivity contribution in [1.82, 2.24) is 14.9 Å². The molecule has 1 aromatic carbocycles. The van der Waals surface area contributed by atoms with E-state index in [4.69, 9.17) is 0 Å². The topological polar surface area (TPSA) is 84.2 Å². The first kappa shape index (κ1) is 17.3. The summed E-state index contributed by atoms with van der Waals surface area (Å²) in [5.41, 5.74) is 1.50. The summed E-state index contributed by atoms with van der Waals surface area (Å²) in [5.74, 6) is 1.24. The summed E-state index contributed by atoms with van der Waals surface area (Å²) < 4.78 is 0. The number of nitro groups is 1. The van der Waals surface area contributed by atoms with E-state index >= 15 is 0 Å². The third kappa shape index (κ3) is 4.30. The van der Waals surface area contributed by atoms with Gasteiger partial charge in [0.2, 0.25) is 0 Å². The largest absolute Gasteiger partial charge is 0.368 e. The van der Waals surface area contributed by atoms with Crippen LogP contribution in [0.4, 0.5) is 11.5 Å². The Bertz CT molecular complexity index is 776. The van der Waals surface area contributed by atoms with Crippen LogP contribution < -0.4 is 5.32 Å². The average Bonchev–Trinajstić information content (AvgIpc) is 3.43. The highest BCUT2D eigenvalue weighted by Crippen LogP contribution is 2.27. The molecule has 7 heteroatoms. The molecule has 0 saturated heterocycles. The number of hydrogen-bond donors (Lipinski definition) is 1. The van der Waals surface area contributed by atoms with E-state index in [0.29, 0.717) is 23.5 Å². The lowest BCUT2D eigenvalue weighted by Gasteiger charge is -2.24. The van der Waals surface area contributed by atoms with Gasteiger partial charge in [-0.2, -0.15) is 0 Å². The molecule has 0 bridgehead atoms. The molecule has 1 atom stereocenters. The predicted octanol–water partition coefficient (Wildman–Crippen LogP) is 3.25. The molecular weight excluding hydrogens is 318 g/mol. The van der Waals surface area contributed by atoms with Crippen molar-refractivity contribution in [1.29, 1.82) is 0 Å². The molecule has 7 nitrogen and oxygen atoms in total. The number of rotatable bonds is 7. The maximum absolute atomic E-state index is 11.0. The van der Waals surface area contributed by atoms with E-state index in [-0.39, 0.29) is 5.69 Å². The summed E-state index contributed by atoms with van der Waals surface area (Å²) in [6.45, 7) is 4.88. The molecule has 0 radical (unpaired) electrons. The maximum atomic E-state index is 11.0. The van der Waals surface area contributed by atoms with Crippen molar-refractivity contribution in [2.45, 2.75) is 38.8 Å². The second-order valence-corrected chi connectivity index (χ2v) is 6.65. The molecule has 1 N–H and O–H groups in total. The third-order valence-corrected chi connectivity index (χ3v) is 4.57. The zero-order valence-electron chi connectivity index (χ0n) is 14.8. The molecule has 1 fully saturated rings. The van der Waals surface area contributed by atoms with Crippen LogP contribution in [0.2, 0.25) is 0 Å². The van der Waals surface area contributed by atoms with E-state index in [0.717, 1.165) is 18.1 Å². The van der Waals surface area contributed by atoms with Crippen LogP contribution in [0.1, 0.15) is 25.5 Å².